The summed E-state index contributed by atoms with van der Waals surface area (Å²) in [6, 6.07) is 0. The van der Waals surface area contributed by atoms with Gasteiger partial charge in [-0.05, 0) is 26.7 Å². The van der Waals surface area contributed by atoms with Gasteiger partial charge in [0.15, 0.2) is 0 Å². The Hall–Kier alpha value is -0.790. The number of hydrogen-bond acceptors (Lipinski definition) is 2. The van der Waals surface area contributed by atoms with Gasteiger partial charge in [-0.15, -0.1) is 0 Å². The molecule has 0 heterocycles. The van der Waals surface area contributed by atoms with E-state index in [2.05, 4.69) is 13.5 Å². The van der Waals surface area contributed by atoms with Gasteiger partial charge in [-0.1, -0.05) is 90.6 Å². The van der Waals surface area contributed by atoms with Gasteiger partial charge in [-0.3, -0.25) is 0 Å². The third-order valence-electron chi connectivity index (χ3n) is 4.21. The summed E-state index contributed by atoms with van der Waals surface area (Å²) in [4.78, 5) is 11.6. The van der Waals surface area contributed by atoms with E-state index >= 15 is 0 Å². The van der Waals surface area contributed by atoms with Crippen molar-refractivity contribution < 1.29 is 9.53 Å². The van der Waals surface area contributed by atoms with Crippen LogP contribution >= 0.6 is 0 Å². The van der Waals surface area contributed by atoms with Crippen LogP contribution in [-0.2, 0) is 9.53 Å². The maximum absolute atomic E-state index is 11.6. The quantitative estimate of drug-likeness (QED) is 0.174. The van der Waals surface area contributed by atoms with E-state index in [0.29, 0.717) is 5.57 Å². The molecule has 0 bridgehead atoms. The zero-order valence-electron chi connectivity index (χ0n) is 16.0. The van der Waals surface area contributed by atoms with Gasteiger partial charge in [0, 0.05) is 5.57 Å². The monoisotopic (exact) mass is 324 g/mol. The molecule has 2 heteroatoms. The summed E-state index contributed by atoms with van der Waals surface area (Å²) in [5, 5.41) is 0. The lowest BCUT2D eigenvalue weighted by Crippen LogP contribution is -2.13. The molecule has 0 fully saturated rings. The highest BCUT2D eigenvalue weighted by Crippen LogP contribution is 2.14. The summed E-state index contributed by atoms with van der Waals surface area (Å²) in [6.07, 6.45) is 18.2. The fourth-order valence-corrected chi connectivity index (χ4v) is 2.76. The van der Waals surface area contributed by atoms with E-state index in [1.54, 1.807) is 0 Å². The lowest BCUT2D eigenvalue weighted by Gasteiger charge is -2.09. The van der Waals surface area contributed by atoms with Crippen molar-refractivity contribution >= 4 is 5.97 Å². The second kappa shape index (κ2) is 16.1. The van der Waals surface area contributed by atoms with Crippen molar-refractivity contribution in [2.24, 2.45) is 0 Å². The van der Waals surface area contributed by atoms with E-state index in [9.17, 15) is 4.79 Å². The Kier molecular flexibility index (Phi) is 15.5. The highest BCUT2D eigenvalue weighted by atomic mass is 16.5. The minimum absolute atomic E-state index is 0.0501. The van der Waals surface area contributed by atoms with Gasteiger partial charge in [0.05, 0.1) is 6.10 Å². The molecule has 0 aromatic carbocycles. The summed E-state index contributed by atoms with van der Waals surface area (Å²) < 4.78 is 5.14. The average Bonchev–Trinajstić information content (AvgIpc) is 2.51. The van der Waals surface area contributed by atoms with Crippen LogP contribution in [0.3, 0.4) is 0 Å². The molecule has 0 unspecified atom stereocenters. The zero-order valence-corrected chi connectivity index (χ0v) is 16.0. The Labute approximate surface area is 145 Å². The normalized spacial score (nSPS) is 11.0. The van der Waals surface area contributed by atoms with Crippen LogP contribution in [0.1, 0.15) is 111 Å². The topological polar surface area (TPSA) is 26.3 Å². The summed E-state index contributed by atoms with van der Waals surface area (Å²) in [5.41, 5.74) is 0.627. The van der Waals surface area contributed by atoms with Gasteiger partial charge in [-0.25, -0.2) is 4.79 Å². The van der Waals surface area contributed by atoms with Gasteiger partial charge >= 0.3 is 5.97 Å². The molecule has 0 saturated carbocycles. The molecule has 0 N–H and O–H groups in total. The Morgan fingerprint density at radius 2 is 1.17 bits per heavy atom. The second-order valence-corrected chi connectivity index (χ2v) is 7.05. The van der Waals surface area contributed by atoms with E-state index in [1.807, 2.05) is 13.8 Å². The van der Waals surface area contributed by atoms with Crippen molar-refractivity contribution in [1.29, 1.82) is 0 Å². The SMILES string of the molecule is C=C(CCCCCCCCCCCCCCC)C(=O)OC(C)C. The molecular formula is C21H40O2. The molecule has 0 spiro atoms. The van der Waals surface area contributed by atoms with E-state index in [-0.39, 0.29) is 12.1 Å². The molecule has 0 amide bonds. The van der Waals surface area contributed by atoms with Crippen molar-refractivity contribution in [3.63, 3.8) is 0 Å². The maximum Gasteiger partial charge on any atom is 0.333 e. The van der Waals surface area contributed by atoms with Gasteiger partial charge in [0.1, 0.15) is 0 Å². The Bertz CT molecular complexity index is 294. The summed E-state index contributed by atoms with van der Waals surface area (Å²) in [5.74, 6) is -0.223. The van der Waals surface area contributed by atoms with Crippen LogP contribution in [0.25, 0.3) is 0 Å². The number of esters is 1. The molecule has 0 aromatic heterocycles. The third kappa shape index (κ3) is 15.9. The Morgan fingerprint density at radius 3 is 1.57 bits per heavy atom. The number of ether oxygens (including phenoxy) is 1. The molecule has 0 rings (SSSR count). The minimum atomic E-state index is -0.223. The average molecular weight is 325 g/mol. The van der Waals surface area contributed by atoms with Crippen LogP contribution in [0.15, 0.2) is 12.2 Å². The van der Waals surface area contributed by atoms with Crippen molar-refractivity contribution in [2.75, 3.05) is 0 Å². The van der Waals surface area contributed by atoms with Crippen molar-refractivity contribution in [3.05, 3.63) is 12.2 Å². The first-order chi connectivity index (χ1) is 11.1. The molecule has 0 aliphatic rings. The van der Waals surface area contributed by atoms with Crippen LogP contribution in [0.4, 0.5) is 0 Å². The Balaban J connectivity index is 3.24. The molecule has 2 nitrogen and oxygen atoms in total. The predicted molar refractivity (Wildman–Crippen MR) is 101 cm³/mol. The van der Waals surface area contributed by atoms with Crippen molar-refractivity contribution in [1.82, 2.24) is 0 Å². The second-order valence-electron chi connectivity index (χ2n) is 7.05. The standard InChI is InChI=1S/C21H40O2/c1-5-6-7-8-9-10-11-12-13-14-15-16-17-18-20(4)21(22)23-19(2)3/h19H,4-18H2,1-3H3. The third-order valence-corrected chi connectivity index (χ3v) is 4.21. The first-order valence-corrected chi connectivity index (χ1v) is 9.96. The first-order valence-electron chi connectivity index (χ1n) is 9.96. The number of rotatable bonds is 16. The smallest absolute Gasteiger partial charge is 0.333 e. The van der Waals surface area contributed by atoms with Crippen LogP contribution in [0, 0.1) is 0 Å². The van der Waals surface area contributed by atoms with Gasteiger partial charge < -0.3 is 4.74 Å². The van der Waals surface area contributed by atoms with Crippen LogP contribution in [0.5, 0.6) is 0 Å². The molecule has 0 atom stereocenters. The predicted octanol–water partition coefficient (Wildman–Crippen LogP) is 6.98. The number of carbonyl (C=O) groups excluding carboxylic acids is 1. The van der Waals surface area contributed by atoms with Crippen LogP contribution < -0.4 is 0 Å². The number of carbonyl (C=O) groups is 1. The fraction of sp³-hybridized carbons (Fsp3) is 0.857. The number of hydrogen-bond donors (Lipinski definition) is 0. The van der Waals surface area contributed by atoms with Crippen molar-refractivity contribution in [2.45, 2.75) is 117 Å². The fourth-order valence-electron chi connectivity index (χ4n) is 2.76. The van der Waals surface area contributed by atoms with E-state index in [0.717, 1.165) is 12.8 Å². The van der Waals surface area contributed by atoms with E-state index < -0.39 is 0 Å². The van der Waals surface area contributed by atoms with Gasteiger partial charge in [-0.2, -0.15) is 0 Å². The lowest BCUT2D eigenvalue weighted by atomic mass is 10.0. The molecule has 0 aromatic rings. The molecule has 23 heavy (non-hydrogen) atoms. The summed E-state index contributed by atoms with van der Waals surface area (Å²) in [6.45, 7) is 9.84. The number of unbranched alkanes of at least 4 members (excludes halogenated alkanes) is 12. The maximum atomic E-state index is 11.6. The molecule has 0 saturated heterocycles. The minimum Gasteiger partial charge on any atom is -0.460 e. The van der Waals surface area contributed by atoms with Crippen LogP contribution in [0.2, 0.25) is 0 Å². The first kappa shape index (κ1) is 22.2. The van der Waals surface area contributed by atoms with E-state index in [4.69, 9.17) is 4.74 Å². The molecular weight excluding hydrogens is 284 g/mol. The molecule has 0 aliphatic carbocycles. The van der Waals surface area contributed by atoms with E-state index in [1.165, 1.54) is 77.0 Å². The molecule has 0 aliphatic heterocycles. The Morgan fingerprint density at radius 1 is 0.783 bits per heavy atom. The molecule has 136 valence electrons. The highest BCUT2D eigenvalue weighted by Gasteiger charge is 2.09. The van der Waals surface area contributed by atoms with Crippen molar-refractivity contribution in [3.8, 4) is 0 Å². The molecule has 0 radical (unpaired) electrons. The highest BCUT2D eigenvalue weighted by molar-refractivity contribution is 5.87. The summed E-state index contributed by atoms with van der Waals surface area (Å²) in [7, 11) is 0. The van der Waals surface area contributed by atoms with Gasteiger partial charge in [0.25, 0.3) is 0 Å². The zero-order chi connectivity index (χ0) is 17.3. The van der Waals surface area contributed by atoms with Crippen LogP contribution in [-0.4, -0.2) is 12.1 Å². The lowest BCUT2D eigenvalue weighted by molar-refractivity contribution is -0.142. The largest absolute Gasteiger partial charge is 0.460 e. The van der Waals surface area contributed by atoms with Gasteiger partial charge in [0.2, 0.25) is 0 Å². The summed E-state index contributed by atoms with van der Waals surface area (Å²) >= 11 is 0.